The summed E-state index contributed by atoms with van der Waals surface area (Å²) in [6.45, 7) is 0. The summed E-state index contributed by atoms with van der Waals surface area (Å²) in [6.07, 6.45) is 0.225. The highest BCUT2D eigenvalue weighted by atomic mass is 32.1. The van der Waals surface area contributed by atoms with Gasteiger partial charge in [-0.3, -0.25) is 10.1 Å². The molecular weight excluding hydrogens is 267 g/mol. The van der Waals surface area contributed by atoms with Crippen molar-refractivity contribution in [3.05, 3.63) is 40.7 Å². The first-order chi connectivity index (χ1) is 9.17. The van der Waals surface area contributed by atoms with Crippen molar-refractivity contribution in [2.75, 3.05) is 5.32 Å². The first kappa shape index (κ1) is 13.1. The molecule has 0 bridgehead atoms. The second-order valence-electron chi connectivity index (χ2n) is 3.69. The Labute approximate surface area is 112 Å². The third-order valence-electron chi connectivity index (χ3n) is 2.20. The van der Waals surface area contributed by atoms with Gasteiger partial charge in [-0.15, -0.1) is 10.2 Å². The number of benzene rings is 1. The normalized spacial score (nSPS) is 9.89. The number of nitrogens with zero attached hydrogens (tertiary/aromatic N) is 3. The highest BCUT2D eigenvalue weighted by Crippen LogP contribution is 2.19. The summed E-state index contributed by atoms with van der Waals surface area (Å²) < 4.78 is 13.0. The van der Waals surface area contributed by atoms with Crippen LogP contribution in [0.25, 0.3) is 0 Å². The maximum atomic E-state index is 13.0. The van der Waals surface area contributed by atoms with E-state index in [2.05, 4.69) is 15.5 Å². The molecule has 1 amide bonds. The molecule has 96 valence electrons. The van der Waals surface area contributed by atoms with E-state index in [4.69, 9.17) is 5.26 Å². The van der Waals surface area contributed by atoms with E-state index in [1.807, 2.05) is 0 Å². The molecule has 0 unspecified atom stereocenters. The van der Waals surface area contributed by atoms with E-state index in [0.29, 0.717) is 16.6 Å². The first-order valence-electron chi connectivity index (χ1n) is 5.41. The summed E-state index contributed by atoms with van der Waals surface area (Å²) >= 11 is 1.20. The molecule has 2 aromatic rings. The number of nitriles is 1. The molecule has 2 rings (SSSR count). The first-order valence-corrected chi connectivity index (χ1v) is 6.22. The van der Waals surface area contributed by atoms with Crippen molar-refractivity contribution in [2.45, 2.75) is 12.8 Å². The molecule has 1 aromatic heterocycles. The lowest BCUT2D eigenvalue weighted by Gasteiger charge is -1.97. The number of rotatable bonds is 4. The predicted molar refractivity (Wildman–Crippen MR) is 68.0 cm³/mol. The van der Waals surface area contributed by atoms with Crippen LogP contribution >= 0.6 is 11.3 Å². The van der Waals surface area contributed by atoms with Gasteiger partial charge < -0.3 is 0 Å². The lowest BCUT2D eigenvalue weighted by Crippen LogP contribution is -2.09. The largest absolute Gasteiger partial charge is 0.300 e. The number of hydrogen-bond donors (Lipinski definition) is 1. The predicted octanol–water partition coefficient (Wildman–Crippen LogP) is 2.12. The summed E-state index contributed by atoms with van der Waals surface area (Å²) in [5.41, 5.74) is 0.783. The molecule has 0 fully saturated rings. The molecule has 0 saturated heterocycles. The van der Waals surface area contributed by atoms with E-state index >= 15 is 0 Å². The number of nitrogens with one attached hydrogen (secondary N) is 1. The van der Waals surface area contributed by atoms with Crippen molar-refractivity contribution in [1.82, 2.24) is 10.2 Å². The van der Waals surface area contributed by atoms with E-state index in [-0.39, 0.29) is 12.2 Å². The van der Waals surface area contributed by atoms with E-state index in [9.17, 15) is 9.18 Å². The fourth-order valence-electron chi connectivity index (χ4n) is 1.43. The second kappa shape index (κ2) is 6.02. The van der Waals surface area contributed by atoms with Gasteiger partial charge in [0.25, 0.3) is 0 Å². The Morgan fingerprint density at radius 2 is 2.32 bits per heavy atom. The van der Waals surface area contributed by atoms with Crippen LogP contribution in [0.3, 0.4) is 0 Å². The standard InChI is InChI=1S/C12H9FN4OS/c13-9-3-1-2-8(6-9)7-11-16-17-12(19-11)15-10(18)4-5-14/h1-3,6H,4,7H2,(H,15,17,18). The van der Waals surface area contributed by atoms with Gasteiger partial charge in [0.2, 0.25) is 11.0 Å². The number of carbonyl (C=O) groups is 1. The fraction of sp³-hybridized carbons (Fsp3) is 0.167. The quantitative estimate of drug-likeness (QED) is 0.927. The molecule has 0 aliphatic heterocycles. The molecule has 7 heteroatoms. The molecule has 0 spiro atoms. The van der Waals surface area contributed by atoms with Gasteiger partial charge in [0.15, 0.2) is 0 Å². The van der Waals surface area contributed by atoms with Gasteiger partial charge in [-0.2, -0.15) is 5.26 Å². The van der Waals surface area contributed by atoms with Crippen LogP contribution in [0.4, 0.5) is 9.52 Å². The minimum Gasteiger partial charge on any atom is -0.300 e. The van der Waals surface area contributed by atoms with Crippen LogP contribution in [-0.2, 0) is 11.2 Å². The topological polar surface area (TPSA) is 78.7 Å². The zero-order valence-corrected chi connectivity index (χ0v) is 10.6. The third kappa shape index (κ3) is 3.82. The monoisotopic (exact) mass is 276 g/mol. The van der Waals surface area contributed by atoms with Gasteiger partial charge in [-0.05, 0) is 17.7 Å². The van der Waals surface area contributed by atoms with Gasteiger partial charge in [0, 0.05) is 6.42 Å². The van der Waals surface area contributed by atoms with E-state index in [1.54, 1.807) is 18.2 Å². The van der Waals surface area contributed by atoms with Crippen molar-refractivity contribution in [2.24, 2.45) is 0 Å². The Morgan fingerprint density at radius 3 is 3.05 bits per heavy atom. The maximum absolute atomic E-state index is 13.0. The van der Waals surface area contributed by atoms with Crippen molar-refractivity contribution in [3.8, 4) is 6.07 Å². The van der Waals surface area contributed by atoms with Crippen LogP contribution in [-0.4, -0.2) is 16.1 Å². The number of hydrogen-bond acceptors (Lipinski definition) is 5. The Bertz CT molecular complexity index is 635. The molecule has 0 aliphatic carbocycles. The average Bonchev–Trinajstić information content (AvgIpc) is 2.76. The Kier molecular flexibility index (Phi) is 4.15. The molecule has 19 heavy (non-hydrogen) atoms. The minimum atomic E-state index is -0.420. The lowest BCUT2D eigenvalue weighted by atomic mass is 10.1. The Balaban J connectivity index is 2.01. The van der Waals surface area contributed by atoms with Crippen molar-refractivity contribution >= 4 is 22.4 Å². The zero-order valence-electron chi connectivity index (χ0n) is 9.76. The van der Waals surface area contributed by atoms with Gasteiger partial charge in [0.05, 0.1) is 6.07 Å². The van der Waals surface area contributed by atoms with Crippen molar-refractivity contribution < 1.29 is 9.18 Å². The molecule has 1 N–H and O–H groups in total. The van der Waals surface area contributed by atoms with E-state index < -0.39 is 5.91 Å². The average molecular weight is 276 g/mol. The molecule has 5 nitrogen and oxygen atoms in total. The van der Waals surface area contributed by atoms with Crippen LogP contribution in [0.15, 0.2) is 24.3 Å². The van der Waals surface area contributed by atoms with Crippen molar-refractivity contribution in [1.29, 1.82) is 5.26 Å². The molecular formula is C12H9FN4OS. The highest BCUT2D eigenvalue weighted by Gasteiger charge is 2.08. The summed E-state index contributed by atoms with van der Waals surface area (Å²) in [6, 6.07) is 7.96. The molecule has 1 aromatic carbocycles. The minimum absolute atomic E-state index is 0.223. The van der Waals surface area contributed by atoms with Crippen LogP contribution in [0.5, 0.6) is 0 Å². The van der Waals surface area contributed by atoms with Gasteiger partial charge >= 0.3 is 0 Å². The highest BCUT2D eigenvalue weighted by molar-refractivity contribution is 7.15. The van der Waals surface area contributed by atoms with Gasteiger partial charge in [-0.1, -0.05) is 23.5 Å². The maximum Gasteiger partial charge on any atom is 0.240 e. The summed E-state index contributed by atoms with van der Waals surface area (Å²) in [4.78, 5) is 11.2. The third-order valence-corrected chi connectivity index (χ3v) is 3.04. The Hall–Kier alpha value is -2.33. The number of halogens is 1. The van der Waals surface area contributed by atoms with Gasteiger partial charge in [-0.25, -0.2) is 4.39 Å². The number of aromatic nitrogens is 2. The van der Waals surface area contributed by atoms with E-state index in [0.717, 1.165) is 5.56 Å². The molecule has 1 heterocycles. The molecule has 0 atom stereocenters. The fourth-order valence-corrected chi connectivity index (χ4v) is 2.22. The van der Waals surface area contributed by atoms with Crippen LogP contribution in [0, 0.1) is 17.1 Å². The molecule has 0 radical (unpaired) electrons. The smallest absolute Gasteiger partial charge is 0.240 e. The molecule has 0 saturated carbocycles. The molecule has 0 aliphatic rings. The number of anilines is 1. The summed E-state index contributed by atoms with van der Waals surface area (Å²) in [7, 11) is 0. The second-order valence-corrected chi connectivity index (χ2v) is 4.75. The van der Waals surface area contributed by atoms with Crippen LogP contribution in [0.1, 0.15) is 17.0 Å². The number of carbonyl (C=O) groups excluding carboxylic acids is 1. The van der Waals surface area contributed by atoms with E-state index in [1.165, 1.54) is 23.5 Å². The SMILES string of the molecule is N#CCC(=O)Nc1nnc(Cc2cccc(F)c2)s1. The lowest BCUT2D eigenvalue weighted by molar-refractivity contribution is -0.115. The van der Waals surface area contributed by atoms with Crippen LogP contribution < -0.4 is 5.32 Å². The van der Waals surface area contributed by atoms with Crippen molar-refractivity contribution in [3.63, 3.8) is 0 Å². The summed E-state index contributed by atoms with van der Waals surface area (Å²) in [5.74, 6) is -0.722. The zero-order chi connectivity index (χ0) is 13.7. The van der Waals surface area contributed by atoms with Gasteiger partial charge in [0.1, 0.15) is 17.2 Å². The summed E-state index contributed by atoms with van der Waals surface area (Å²) in [5, 5.41) is 19.5. The van der Waals surface area contributed by atoms with Crippen LogP contribution in [0.2, 0.25) is 0 Å². The number of amides is 1. The Morgan fingerprint density at radius 1 is 1.47 bits per heavy atom.